The zero-order valence-electron chi connectivity index (χ0n) is 10.2. The molecule has 1 heterocycles. The molecule has 2 rings (SSSR count). The molecule has 18 heavy (non-hydrogen) atoms. The van der Waals surface area contributed by atoms with Crippen molar-refractivity contribution >= 4 is 11.9 Å². The fraction of sp³-hybridized carbons (Fsp3) is 0.429. The van der Waals surface area contributed by atoms with E-state index in [1.807, 2.05) is 6.07 Å². The molecule has 4 heteroatoms. The lowest BCUT2D eigenvalue weighted by molar-refractivity contribution is -0.150. The van der Waals surface area contributed by atoms with Crippen LogP contribution < -0.4 is 0 Å². The summed E-state index contributed by atoms with van der Waals surface area (Å²) < 4.78 is 0. The summed E-state index contributed by atoms with van der Waals surface area (Å²) in [5.74, 6) is -1.01. The van der Waals surface area contributed by atoms with Gasteiger partial charge in [-0.05, 0) is 18.4 Å². The summed E-state index contributed by atoms with van der Waals surface area (Å²) in [5, 5.41) is 9.39. The van der Waals surface area contributed by atoms with Gasteiger partial charge < -0.3 is 10.0 Å². The Morgan fingerprint density at radius 3 is 2.56 bits per heavy atom. The fourth-order valence-corrected chi connectivity index (χ4v) is 2.37. The number of nitrogens with zero attached hydrogens (tertiary/aromatic N) is 1. The van der Waals surface area contributed by atoms with E-state index >= 15 is 0 Å². The van der Waals surface area contributed by atoms with Crippen molar-refractivity contribution in [3.63, 3.8) is 0 Å². The lowest BCUT2D eigenvalue weighted by atomic mass is 10.1. The molecule has 4 nitrogen and oxygen atoms in total. The van der Waals surface area contributed by atoms with E-state index < -0.39 is 12.0 Å². The van der Waals surface area contributed by atoms with Gasteiger partial charge in [-0.1, -0.05) is 36.8 Å². The van der Waals surface area contributed by atoms with Crippen LogP contribution in [0.25, 0.3) is 0 Å². The SMILES string of the molecule is O=C(O)C(c1ccccc1)N1CCCCCC1=O. The van der Waals surface area contributed by atoms with E-state index in [9.17, 15) is 14.7 Å². The van der Waals surface area contributed by atoms with Gasteiger partial charge in [0.05, 0.1) is 0 Å². The second-order valence-corrected chi connectivity index (χ2v) is 4.55. The summed E-state index contributed by atoms with van der Waals surface area (Å²) in [7, 11) is 0. The van der Waals surface area contributed by atoms with Crippen molar-refractivity contribution in [2.45, 2.75) is 31.7 Å². The molecule has 1 saturated heterocycles. The molecule has 0 aromatic heterocycles. The Hall–Kier alpha value is -1.84. The maximum Gasteiger partial charge on any atom is 0.331 e. The lowest BCUT2D eigenvalue weighted by Gasteiger charge is -2.28. The number of carboxylic acid groups (broad SMARTS) is 1. The van der Waals surface area contributed by atoms with Crippen molar-refractivity contribution in [1.82, 2.24) is 4.90 Å². The largest absolute Gasteiger partial charge is 0.479 e. The highest BCUT2D eigenvalue weighted by Crippen LogP contribution is 2.25. The second kappa shape index (κ2) is 5.67. The standard InChI is InChI=1S/C14H17NO3/c16-12-9-5-2-6-10-15(12)13(14(17)18)11-7-3-1-4-8-11/h1,3-4,7-8,13H,2,5-6,9-10H2,(H,17,18). The number of benzene rings is 1. The summed E-state index contributed by atoms with van der Waals surface area (Å²) in [6, 6.07) is 8.11. The van der Waals surface area contributed by atoms with Crippen LogP contribution in [0, 0.1) is 0 Å². The predicted molar refractivity (Wildman–Crippen MR) is 67.0 cm³/mol. The minimum absolute atomic E-state index is 0.0521. The molecule has 1 aliphatic heterocycles. The minimum atomic E-state index is -0.962. The number of hydrogen-bond donors (Lipinski definition) is 1. The van der Waals surface area contributed by atoms with Crippen LogP contribution >= 0.6 is 0 Å². The maximum atomic E-state index is 12.0. The van der Waals surface area contributed by atoms with Gasteiger partial charge in [0.15, 0.2) is 6.04 Å². The van der Waals surface area contributed by atoms with E-state index in [1.54, 1.807) is 24.3 Å². The van der Waals surface area contributed by atoms with Crippen molar-refractivity contribution < 1.29 is 14.7 Å². The van der Waals surface area contributed by atoms with Crippen molar-refractivity contribution in [3.8, 4) is 0 Å². The highest BCUT2D eigenvalue weighted by Gasteiger charge is 2.31. The number of hydrogen-bond acceptors (Lipinski definition) is 2. The maximum absolute atomic E-state index is 12.0. The summed E-state index contributed by atoms with van der Waals surface area (Å²) >= 11 is 0. The highest BCUT2D eigenvalue weighted by molar-refractivity contribution is 5.84. The number of aliphatic carboxylic acids is 1. The topological polar surface area (TPSA) is 57.6 Å². The molecule has 1 amide bonds. The Bertz CT molecular complexity index is 430. The van der Waals surface area contributed by atoms with Gasteiger partial charge >= 0.3 is 5.97 Å². The molecular formula is C14H17NO3. The Morgan fingerprint density at radius 2 is 1.89 bits per heavy atom. The first-order valence-corrected chi connectivity index (χ1v) is 6.27. The zero-order valence-corrected chi connectivity index (χ0v) is 10.2. The monoisotopic (exact) mass is 247 g/mol. The third-order valence-electron chi connectivity index (χ3n) is 3.27. The first-order valence-electron chi connectivity index (χ1n) is 6.27. The number of amides is 1. The van der Waals surface area contributed by atoms with Crippen molar-refractivity contribution in [2.24, 2.45) is 0 Å². The predicted octanol–water partition coefficient (Wildman–Crippen LogP) is 2.21. The molecule has 96 valence electrons. The molecule has 1 aromatic carbocycles. The highest BCUT2D eigenvalue weighted by atomic mass is 16.4. The Morgan fingerprint density at radius 1 is 1.17 bits per heavy atom. The molecule has 0 aliphatic carbocycles. The van der Waals surface area contributed by atoms with Gasteiger partial charge in [0.1, 0.15) is 0 Å². The van der Waals surface area contributed by atoms with Crippen LogP contribution in [0.1, 0.15) is 37.3 Å². The smallest absolute Gasteiger partial charge is 0.331 e. The van der Waals surface area contributed by atoms with Crippen LogP contribution in [0.15, 0.2) is 30.3 Å². The van der Waals surface area contributed by atoms with Crippen LogP contribution in [0.5, 0.6) is 0 Å². The molecule has 1 fully saturated rings. The lowest BCUT2D eigenvalue weighted by Crippen LogP contribution is -2.38. The van der Waals surface area contributed by atoms with Gasteiger partial charge in [-0.15, -0.1) is 0 Å². The number of carboxylic acids is 1. The minimum Gasteiger partial charge on any atom is -0.479 e. The van der Waals surface area contributed by atoms with Gasteiger partial charge in [0.25, 0.3) is 0 Å². The van der Waals surface area contributed by atoms with Gasteiger partial charge in [0.2, 0.25) is 5.91 Å². The first-order chi connectivity index (χ1) is 8.70. The Balaban J connectivity index is 2.29. The molecular weight excluding hydrogens is 230 g/mol. The van der Waals surface area contributed by atoms with E-state index in [2.05, 4.69) is 0 Å². The van der Waals surface area contributed by atoms with E-state index in [1.165, 1.54) is 4.90 Å². The molecule has 0 bridgehead atoms. The number of carbonyl (C=O) groups excluding carboxylic acids is 1. The number of carbonyl (C=O) groups is 2. The second-order valence-electron chi connectivity index (χ2n) is 4.55. The summed E-state index contributed by atoms with van der Waals surface area (Å²) in [6.07, 6.45) is 3.18. The third kappa shape index (κ3) is 2.70. The van der Waals surface area contributed by atoms with Crippen LogP contribution in [0.2, 0.25) is 0 Å². The Kier molecular flexibility index (Phi) is 3.97. The molecule has 1 unspecified atom stereocenters. The first kappa shape index (κ1) is 12.6. The summed E-state index contributed by atoms with van der Waals surface area (Å²) in [6.45, 7) is 0.532. The van der Waals surface area contributed by atoms with Crippen LogP contribution in [0.4, 0.5) is 0 Å². The fourth-order valence-electron chi connectivity index (χ4n) is 2.37. The van der Waals surface area contributed by atoms with Crippen molar-refractivity contribution in [1.29, 1.82) is 0 Å². The molecule has 0 radical (unpaired) electrons. The van der Waals surface area contributed by atoms with E-state index in [0.29, 0.717) is 18.5 Å². The molecule has 0 saturated carbocycles. The molecule has 1 aliphatic rings. The van der Waals surface area contributed by atoms with E-state index in [-0.39, 0.29) is 5.91 Å². The normalized spacial score (nSPS) is 18.2. The Labute approximate surface area is 106 Å². The van der Waals surface area contributed by atoms with Crippen LogP contribution in [0.3, 0.4) is 0 Å². The van der Waals surface area contributed by atoms with Crippen molar-refractivity contribution in [2.75, 3.05) is 6.54 Å². The molecule has 1 aromatic rings. The molecule has 0 spiro atoms. The quantitative estimate of drug-likeness (QED) is 0.891. The summed E-state index contributed by atoms with van der Waals surface area (Å²) in [4.78, 5) is 25.0. The molecule has 1 N–H and O–H groups in total. The van der Waals surface area contributed by atoms with Crippen LogP contribution in [-0.4, -0.2) is 28.4 Å². The average molecular weight is 247 g/mol. The molecule has 1 atom stereocenters. The van der Waals surface area contributed by atoms with E-state index in [0.717, 1.165) is 19.3 Å². The van der Waals surface area contributed by atoms with Gasteiger partial charge in [0, 0.05) is 13.0 Å². The van der Waals surface area contributed by atoms with E-state index in [4.69, 9.17) is 0 Å². The van der Waals surface area contributed by atoms with Crippen molar-refractivity contribution in [3.05, 3.63) is 35.9 Å². The van der Waals surface area contributed by atoms with Gasteiger partial charge in [-0.2, -0.15) is 0 Å². The van der Waals surface area contributed by atoms with Gasteiger partial charge in [-0.3, -0.25) is 4.79 Å². The number of rotatable bonds is 3. The third-order valence-corrected chi connectivity index (χ3v) is 3.27. The average Bonchev–Trinajstić information content (AvgIpc) is 2.56. The summed E-state index contributed by atoms with van der Waals surface area (Å²) in [5.41, 5.74) is 0.667. The van der Waals surface area contributed by atoms with Crippen LogP contribution in [-0.2, 0) is 9.59 Å². The van der Waals surface area contributed by atoms with Gasteiger partial charge in [-0.25, -0.2) is 4.79 Å². The number of likely N-dealkylation sites (tertiary alicyclic amines) is 1. The zero-order chi connectivity index (χ0) is 13.0.